The van der Waals surface area contributed by atoms with E-state index in [4.69, 9.17) is 0 Å². The van der Waals surface area contributed by atoms with Gasteiger partial charge in [0.1, 0.15) is 5.82 Å². The quantitative estimate of drug-likeness (QED) is 0.778. The molecule has 3 rings (SSSR count). The van der Waals surface area contributed by atoms with Crippen molar-refractivity contribution >= 4 is 26.6 Å². The van der Waals surface area contributed by atoms with Crippen LogP contribution in [-0.4, -0.2) is 13.4 Å². The Morgan fingerprint density at radius 2 is 1.80 bits per heavy atom. The molecule has 2 aromatic carbocycles. The number of anilines is 1. The average molecular weight is 290 g/mol. The highest BCUT2D eigenvalue weighted by molar-refractivity contribution is 7.92. The molecular formula is C14H11FN2O2S. The number of H-pyrrole nitrogens is 1. The first-order valence-electron chi connectivity index (χ1n) is 5.91. The van der Waals surface area contributed by atoms with Crippen molar-refractivity contribution in [1.29, 1.82) is 0 Å². The maximum absolute atomic E-state index is 13.1. The molecule has 1 heterocycles. The van der Waals surface area contributed by atoms with E-state index in [0.717, 1.165) is 0 Å². The second-order valence-corrected chi connectivity index (χ2v) is 5.99. The Balaban J connectivity index is 2.01. The summed E-state index contributed by atoms with van der Waals surface area (Å²) in [5.41, 5.74) is 0.930. The summed E-state index contributed by atoms with van der Waals surface area (Å²) >= 11 is 0. The number of hydrogen-bond donors (Lipinski definition) is 2. The molecule has 0 unspecified atom stereocenters. The van der Waals surface area contributed by atoms with Gasteiger partial charge in [-0.05, 0) is 30.3 Å². The lowest BCUT2D eigenvalue weighted by Gasteiger charge is -2.06. The Hall–Kier alpha value is -2.34. The SMILES string of the molecule is O=S(=O)(Nc1c[nH]c2cc(F)ccc12)c1ccccc1. The normalized spacial score (nSPS) is 11.7. The van der Waals surface area contributed by atoms with Crippen molar-refractivity contribution < 1.29 is 12.8 Å². The molecule has 4 nitrogen and oxygen atoms in total. The van der Waals surface area contributed by atoms with E-state index in [0.29, 0.717) is 16.6 Å². The van der Waals surface area contributed by atoms with Gasteiger partial charge in [0.25, 0.3) is 10.0 Å². The van der Waals surface area contributed by atoms with Gasteiger partial charge in [0, 0.05) is 11.6 Å². The van der Waals surface area contributed by atoms with Crippen LogP contribution in [0, 0.1) is 5.82 Å². The standard InChI is InChI=1S/C14H11FN2O2S/c15-10-6-7-12-13(8-10)16-9-14(12)17-20(18,19)11-4-2-1-3-5-11/h1-9,16-17H. The van der Waals surface area contributed by atoms with Crippen molar-refractivity contribution in [3.8, 4) is 0 Å². The number of nitrogens with one attached hydrogen (secondary N) is 2. The van der Waals surface area contributed by atoms with Crippen molar-refractivity contribution in [2.24, 2.45) is 0 Å². The molecule has 0 saturated heterocycles. The van der Waals surface area contributed by atoms with E-state index in [1.807, 2.05) is 0 Å². The molecule has 0 amide bonds. The Morgan fingerprint density at radius 3 is 2.55 bits per heavy atom. The Bertz CT molecular complexity index is 857. The summed E-state index contributed by atoms with van der Waals surface area (Å²) in [5, 5.41) is 0.617. The lowest BCUT2D eigenvalue weighted by molar-refractivity contribution is 0.601. The van der Waals surface area contributed by atoms with Crippen LogP contribution in [0.2, 0.25) is 0 Å². The maximum atomic E-state index is 13.1. The lowest BCUT2D eigenvalue weighted by atomic mass is 10.2. The molecular weight excluding hydrogens is 279 g/mol. The molecule has 0 aliphatic heterocycles. The molecule has 20 heavy (non-hydrogen) atoms. The van der Waals surface area contributed by atoms with Crippen LogP contribution in [0.15, 0.2) is 59.6 Å². The van der Waals surface area contributed by atoms with Crippen LogP contribution < -0.4 is 4.72 Å². The van der Waals surface area contributed by atoms with Crippen molar-refractivity contribution in [3.63, 3.8) is 0 Å². The minimum Gasteiger partial charge on any atom is -0.359 e. The predicted octanol–water partition coefficient (Wildman–Crippen LogP) is 3.11. The monoisotopic (exact) mass is 290 g/mol. The van der Waals surface area contributed by atoms with Gasteiger partial charge < -0.3 is 4.98 Å². The van der Waals surface area contributed by atoms with E-state index in [1.54, 1.807) is 18.2 Å². The fourth-order valence-electron chi connectivity index (χ4n) is 1.99. The lowest BCUT2D eigenvalue weighted by Crippen LogP contribution is -2.12. The molecule has 0 saturated carbocycles. The van der Waals surface area contributed by atoms with E-state index in [9.17, 15) is 12.8 Å². The smallest absolute Gasteiger partial charge is 0.261 e. The van der Waals surface area contributed by atoms with Gasteiger partial charge >= 0.3 is 0 Å². The molecule has 0 spiro atoms. The molecule has 0 aliphatic rings. The summed E-state index contributed by atoms with van der Waals surface area (Å²) < 4.78 is 40.0. The highest BCUT2D eigenvalue weighted by atomic mass is 32.2. The number of benzene rings is 2. The number of hydrogen-bond acceptors (Lipinski definition) is 2. The van der Waals surface area contributed by atoms with E-state index in [-0.39, 0.29) is 10.7 Å². The number of sulfonamides is 1. The first-order valence-corrected chi connectivity index (χ1v) is 7.39. The van der Waals surface area contributed by atoms with Crippen LogP contribution in [0.5, 0.6) is 0 Å². The Morgan fingerprint density at radius 1 is 1.05 bits per heavy atom. The Labute approximate surface area is 115 Å². The van der Waals surface area contributed by atoms with E-state index >= 15 is 0 Å². The van der Waals surface area contributed by atoms with Gasteiger partial charge in [-0.25, -0.2) is 12.8 Å². The van der Waals surface area contributed by atoms with Crippen molar-refractivity contribution in [1.82, 2.24) is 4.98 Å². The van der Waals surface area contributed by atoms with E-state index in [1.165, 1.54) is 36.5 Å². The molecule has 1 aromatic heterocycles. The third-order valence-electron chi connectivity index (χ3n) is 2.94. The van der Waals surface area contributed by atoms with Crippen LogP contribution >= 0.6 is 0 Å². The third kappa shape index (κ3) is 2.25. The number of aromatic nitrogens is 1. The molecule has 0 bridgehead atoms. The topological polar surface area (TPSA) is 62.0 Å². The van der Waals surface area contributed by atoms with Gasteiger partial charge in [-0.2, -0.15) is 0 Å². The summed E-state index contributed by atoms with van der Waals surface area (Å²) in [7, 11) is -3.65. The average Bonchev–Trinajstić information content (AvgIpc) is 2.81. The van der Waals surface area contributed by atoms with Crippen molar-refractivity contribution in [2.45, 2.75) is 4.90 Å². The fourth-order valence-corrected chi connectivity index (χ4v) is 3.08. The van der Waals surface area contributed by atoms with Gasteiger partial charge in [-0.1, -0.05) is 18.2 Å². The minimum absolute atomic E-state index is 0.177. The fraction of sp³-hybridized carbons (Fsp3) is 0. The van der Waals surface area contributed by atoms with Crippen LogP contribution in [0.4, 0.5) is 10.1 Å². The molecule has 0 atom stereocenters. The molecule has 3 aromatic rings. The van der Waals surface area contributed by atoms with E-state index in [2.05, 4.69) is 9.71 Å². The van der Waals surface area contributed by atoms with Crippen molar-refractivity contribution in [3.05, 3.63) is 60.5 Å². The van der Waals surface area contributed by atoms with Crippen LogP contribution in [0.25, 0.3) is 10.9 Å². The van der Waals surface area contributed by atoms with Gasteiger partial charge in [0.2, 0.25) is 0 Å². The van der Waals surface area contributed by atoms with Crippen molar-refractivity contribution in [2.75, 3.05) is 4.72 Å². The van der Waals surface area contributed by atoms with Crippen LogP contribution in [0.3, 0.4) is 0 Å². The second-order valence-electron chi connectivity index (χ2n) is 4.31. The first kappa shape index (κ1) is 12.7. The van der Waals surface area contributed by atoms with Crippen LogP contribution in [0.1, 0.15) is 0 Å². The summed E-state index contributed by atoms with van der Waals surface area (Å²) in [6.07, 6.45) is 1.50. The molecule has 2 N–H and O–H groups in total. The number of fused-ring (bicyclic) bond motifs is 1. The molecule has 102 valence electrons. The zero-order chi connectivity index (χ0) is 14.2. The summed E-state index contributed by atoms with van der Waals surface area (Å²) in [5.74, 6) is -0.378. The second kappa shape index (κ2) is 4.64. The predicted molar refractivity (Wildman–Crippen MR) is 75.5 cm³/mol. The molecule has 0 aliphatic carbocycles. The number of rotatable bonds is 3. The summed E-state index contributed by atoms with van der Waals surface area (Å²) in [4.78, 5) is 3.01. The van der Waals surface area contributed by atoms with Gasteiger partial charge in [-0.15, -0.1) is 0 Å². The van der Waals surface area contributed by atoms with Gasteiger partial charge in [-0.3, -0.25) is 4.72 Å². The van der Waals surface area contributed by atoms with Gasteiger partial charge in [0.15, 0.2) is 0 Å². The highest BCUT2D eigenvalue weighted by Gasteiger charge is 2.15. The number of halogens is 1. The third-order valence-corrected chi connectivity index (χ3v) is 4.32. The Kier molecular flexibility index (Phi) is 2.94. The minimum atomic E-state index is -3.65. The highest BCUT2D eigenvalue weighted by Crippen LogP contribution is 2.26. The molecule has 0 fully saturated rings. The zero-order valence-corrected chi connectivity index (χ0v) is 11.1. The van der Waals surface area contributed by atoms with Crippen LogP contribution in [-0.2, 0) is 10.0 Å². The zero-order valence-electron chi connectivity index (χ0n) is 10.3. The van der Waals surface area contributed by atoms with E-state index < -0.39 is 10.0 Å². The summed E-state index contributed by atoms with van der Waals surface area (Å²) in [6.45, 7) is 0. The first-order chi connectivity index (χ1) is 9.56. The van der Waals surface area contributed by atoms with Gasteiger partial charge in [0.05, 0.1) is 16.1 Å². The molecule has 0 radical (unpaired) electrons. The summed E-state index contributed by atoms with van der Waals surface area (Å²) in [6, 6.07) is 12.2. The molecule has 6 heteroatoms. The maximum Gasteiger partial charge on any atom is 0.261 e. The number of aromatic amines is 1. The largest absolute Gasteiger partial charge is 0.359 e.